The molecule has 0 fully saturated rings. The molecule has 0 atom stereocenters. The summed E-state index contributed by atoms with van der Waals surface area (Å²) in [6, 6.07) is 4.25. The number of fused-ring (bicyclic) bond motifs is 1. The standard InChI is InChI=1S/C14H12ClN5O4S/c1-7-5-6-20-13(16-7)17-14(18-20)25(23,24)19-11-8(2)10(15)4-3-9(11)12(21)22/h3-6,19H,1-2H3,(H,21,22). The highest BCUT2D eigenvalue weighted by molar-refractivity contribution is 7.92. The molecule has 3 aromatic rings. The minimum Gasteiger partial charge on any atom is -0.478 e. The highest BCUT2D eigenvalue weighted by Crippen LogP contribution is 2.29. The van der Waals surface area contributed by atoms with Crippen molar-refractivity contribution >= 4 is 39.1 Å². The van der Waals surface area contributed by atoms with E-state index in [9.17, 15) is 18.3 Å². The Morgan fingerprint density at radius 2 is 1.96 bits per heavy atom. The molecule has 1 aromatic carbocycles. The number of anilines is 1. The van der Waals surface area contributed by atoms with Crippen LogP contribution in [0.3, 0.4) is 0 Å². The molecule has 25 heavy (non-hydrogen) atoms. The summed E-state index contributed by atoms with van der Waals surface area (Å²) in [5, 5.41) is 12.8. The summed E-state index contributed by atoms with van der Waals surface area (Å²) in [4.78, 5) is 19.3. The Labute approximate surface area is 147 Å². The molecule has 9 nitrogen and oxygen atoms in total. The average molecular weight is 382 g/mol. The fourth-order valence-electron chi connectivity index (χ4n) is 2.14. The lowest BCUT2D eigenvalue weighted by molar-refractivity contribution is 0.0698. The summed E-state index contributed by atoms with van der Waals surface area (Å²) in [5.41, 5.74) is 0.560. The average Bonchev–Trinajstić information content (AvgIpc) is 2.95. The highest BCUT2D eigenvalue weighted by Gasteiger charge is 2.25. The molecule has 0 aliphatic carbocycles. The highest BCUT2D eigenvalue weighted by atomic mass is 35.5. The van der Waals surface area contributed by atoms with Crippen LogP contribution in [0.1, 0.15) is 21.6 Å². The van der Waals surface area contributed by atoms with Crippen LogP contribution in [-0.2, 0) is 10.0 Å². The van der Waals surface area contributed by atoms with Gasteiger partial charge in [0.05, 0.1) is 11.3 Å². The van der Waals surface area contributed by atoms with Crippen molar-refractivity contribution in [2.24, 2.45) is 0 Å². The van der Waals surface area contributed by atoms with Crippen molar-refractivity contribution in [2.75, 3.05) is 4.72 Å². The number of aryl methyl sites for hydroxylation is 1. The normalized spacial score (nSPS) is 11.6. The number of nitrogens with one attached hydrogen (secondary N) is 1. The maximum absolute atomic E-state index is 12.6. The van der Waals surface area contributed by atoms with Gasteiger partial charge in [0, 0.05) is 16.9 Å². The Morgan fingerprint density at radius 3 is 2.64 bits per heavy atom. The number of carboxylic acid groups (broad SMARTS) is 1. The van der Waals surface area contributed by atoms with Gasteiger partial charge in [-0.1, -0.05) is 11.6 Å². The number of sulfonamides is 1. The molecule has 0 unspecified atom stereocenters. The number of benzene rings is 1. The first-order chi connectivity index (χ1) is 11.7. The van der Waals surface area contributed by atoms with Gasteiger partial charge in [-0.25, -0.2) is 14.3 Å². The van der Waals surface area contributed by atoms with E-state index < -0.39 is 21.1 Å². The van der Waals surface area contributed by atoms with Gasteiger partial charge >= 0.3 is 5.97 Å². The molecule has 2 aromatic heterocycles. The van der Waals surface area contributed by atoms with E-state index in [1.165, 1.54) is 29.8 Å². The number of carboxylic acids is 1. The molecule has 2 N–H and O–H groups in total. The predicted molar refractivity (Wildman–Crippen MR) is 89.5 cm³/mol. The Morgan fingerprint density at radius 1 is 1.24 bits per heavy atom. The first-order valence-electron chi connectivity index (χ1n) is 6.94. The molecule has 0 aliphatic rings. The Hall–Kier alpha value is -2.72. The Balaban J connectivity index is 2.10. The van der Waals surface area contributed by atoms with Crippen molar-refractivity contribution in [1.82, 2.24) is 19.6 Å². The van der Waals surface area contributed by atoms with E-state index in [4.69, 9.17) is 11.6 Å². The molecule has 0 bridgehead atoms. The molecular formula is C14H12ClN5O4S. The van der Waals surface area contributed by atoms with E-state index in [1.54, 1.807) is 13.0 Å². The number of hydrogen-bond donors (Lipinski definition) is 2. The Bertz CT molecular complexity index is 1110. The molecule has 130 valence electrons. The van der Waals surface area contributed by atoms with Crippen LogP contribution >= 0.6 is 11.6 Å². The summed E-state index contributed by atoms with van der Waals surface area (Å²) < 4.78 is 28.6. The fourth-order valence-corrected chi connectivity index (χ4v) is 3.31. The van der Waals surface area contributed by atoms with Crippen LogP contribution in [0.25, 0.3) is 5.78 Å². The van der Waals surface area contributed by atoms with Crippen LogP contribution in [0.5, 0.6) is 0 Å². The molecule has 0 radical (unpaired) electrons. The lowest BCUT2D eigenvalue weighted by Crippen LogP contribution is -2.18. The third kappa shape index (κ3) is 3.13. The van der Waals surface area contributed by atoms with Crippen LogP contribution in [0.4, 0.5) is 5.69 Å². The van der Waals surface area contributed by atoms with Crippen LogP contribution in [0.2, 0.25) is 5.02 Å². The van der Waals surface area contributed by atoms with Crippen LogP contribution in [0.15, 0.2) is 29.6 Å². The molecule has 0 amide bonds. The van der Waals surface area contributed by atoms with Crippen LogP contribution < -0.4 is 4.72 Å². The zero-order valence-electron chi connectivity index (χ0n) is 13.1. The molecule has 0 aliphatic heterocycles. The van der Waals surface area contributed by atoms with Gasteiger partial charge in [-0.2, -0.15) is 13.4 Å². The maximum atomic E-state index is 12.6. The second-order valence-corrected chi connectivity index (χ2v) is 7.20. The number of aromatic nitrogens is 4. The quantitative estimate of drug-likeness (QED) is 0.706. The van der Waals surface area contributed by atoms with Gasteiger partial charge in [0.25, 0.3) is 21.0 Å². The van der Waals surface area contributed by atoms with Crippen LogP contribution in [-0.4, -0.2) is 39.1 Å². The first kappa shape index (κ1) is 17.1. The minimum atomic E-state index is -4.24. The van der Waals surface area contributed by atoms with Crippen molar-refractivity contribution in [3.8, 4) is 0 Å². The predicted octanol–water partition coefficient (Wildman–Crippen LogP) is 1.89. The van der Waals surface area contributed by atoms with Crippen molar-refractivity contribution in [2.45, 2.75) is 19.0 Å². The number of aromatic carboxylic acids is 1. The van der Waals surface area contributed by atoms with Gasteiger partial charge in [-0.3, -0.25) is 4.72 Å². The van der Waals surface area contributed by atoms with Crippen LogP contribution in [0, 0.1) is 13.8 Å². The lowest BCUT2D eigenvalue weighted by atomic mass is 10.1. The molecular weight excluding hydrogens is 370 g/mol. The molecule has 0 saturated carbocycles. The number of halogens is 1. The monoisotopic (exact) mass is 381 g/mol. The van der Waals surface area contributed by atoms with Crippen molar-refractivity contribution in [3.63, 3.8) is 0 Å². The van der Waals surface area contributed by atoms with Gasteiger partial charge in [0.2, 0.25) is 0 Å². The molecule has 0 spiro atoms. The number of rotatable bonds is 4. The third-order valence-electron chi connectivity index (χ3n) is 3.43. The minimum absolute atomic E-state index is 0.113. The van der Waals surface area contributed by atoms with Crippen molar-refractivity contribution < 1.29 is 18.3 Å². The first-order valence-corrected chi connectivity index (χ1v) is 8.80. The fraction of sp³-hybridized carbons (Fsp3) is 0.143. The van der Waals surface area contributed by atoms with Crippen molar-refractivity contribution in [3.05, 3.63) is 46.2 Å². The SMILES string of the molecule is Cc1ccn2nc(S(=O)(=O)Nc3c(C(=O)O)ccc(Cl)c3C)nc2n1. The smallest absolute Gasteiger partial charge is 0.337 e. The van der Waals surface area contributed by atoms with E-state index in [2.05, 4.69) is 19.8 Å². The molecule has 3 rings (SSSR count). The number of nitrogens with zero attached hydrogens (tertiary/aromatic N) is 4. The van der Waals surface area contributed by atoms with Gasteiger partial charge in [0.1, 0.15) is 0 Å². The van der Waals surface area contributed by atoms with Gasteiger partial charge in [0.15, 0.2) is 0 Å². The van der Waals surface area contributed by atoms with Crippen molar-refractivity contribution in [1.29, 1.82) is 0 Å². The summed E-state index contributed by atoms with van der Waals surface area (Å²) in [5.74, 6) is -1.18. The lowest BCUT2D eigenvalue weighted by Gasteiger charge is -2.12. The topological polar surface area (TPSA) is 127 Å². The summed E-state index contributed by atoms with van der Waals surface area (Å²) in [6.07, 6.45) is 1.52. The molecule has 0 saturated heterocycles. The summed E-state index contributed by atoms with van der Waals surface area (Å²) in [7, 11) is -4.24. The van der Waals surface area contributed by atoms with Gasteiger partial charge in [-0.15, -0.1) is 5.10 Å². The second-order valence-electron chi connectivity index (χ2n) is 5.21. The second kappa shape index (κ2) is 5.97. The van der Waals surface area contributed by atoms with Gasteiger partial charge in [-0.05, 0) is 37.6 Å². The largest absolute Gasteiger partial charge is 0.478 e. The van der Waals surface area contributed by atoms with E-state index in [-0.39, 0.29) is 27.6 Å². The van der Waals surface area contributed by atoms with Gasteiger partial charge < -0.3 is 5.11 Å². The number of hydrogen-bond acceptors (Lipinski definition) is 6. The zero-order chi connectivity index (χ0) is 18.4. The Kier molecular flexibility index (Phi) is 4.09. The van der Waals surface area contributed by atoms with E-state index in [0.29, 0.717) is 5.69 Å². The molecule has 2 heterocycles. The van der Waals surface area contributed by atoms with E-state index >= 15 is 0 Å². The molecule has 11 heteroatoms. The maximum Gasteiger partial charge on any atom is 0.337 e. The summed E-state index contributed by atoms with van der Waals surface area (Å²) >= 11 is 5.97. The van der Waals surface area contributed by atoms with E-state index in [1.807, 2.05) is 0 Å². The zero-order valence-corrected chi connectivity index (χ0v) is 14.6. The third-order valence-corrected chi connectivity index (χ3v) is 4.97. The van der Waals surface area contributed by atoms with E-state index in [0.717, 1.165) is 0 Å². The number of carbonyl (C=O) groups is 1. The summed E-state index contributed by atoms with van der Waals surface area (Å²) in [6.45, 7) is 3.24.